The minimum Gasteiger partial charge on any atom is -0.497 e. The van der Waals surface area contributed by atoms with Gasteiger partial charge in [-0.25, -0.2) is 0 Å². The molecule has 102 valence electrons. The molecule has 2 N–H and O–H groups in total. The van der Waals surface area contributed by atoms with E-state index >= 15 is 0 Å². The lowest BCUT2D eigenvalue weighted by molar-refractivity contribution is -0.125. The molecule has 0 saturated carbocycles. The maximum atomic E-state index is 12.2. The van der Waals surface area contributed by atoms with Gasteiger partial charge in [0.15, 0.2) is 0 Å². The number of carbonyl (C=O) groups is 2. The van der Waals surface area contributed by atoms with Crippen molar-refractivity contribution in [2.45, 2.75) is 6.04 Å². The zero-order valence-corrected chi connectivity index (χ0v) is 11.0. The molecule has 6 nitrogen and oxygen atoms in total. The molecule has 1 aliphatic heterocycles. The van der Waals surface area contributed by atoms with Gasteiger partial charge in [0.25, 0.3) is 0 Å². The monoisotopic (exact) mass is 263 g/mol. The number of likely N-dealkylation sites (N-methyl/N-ethyl adjacent to an activating group) is 1. The Bertz CT molecular complexity index is 463. The van der Waals surface area contributed by atoms with E-state index in [1.165, 1.54) is 0 Å². The first-order valence-corrected chi connectivity index (χ1v) is 6.03. The van der Waals surface area contributed by atoms with Gasteiger partial charge in [-0.15, -0.1) is 0 Å². The van der Waals surface area contributed by atoms with Crippen LogP contribution in [0.1, 0.15) is 0 Å². The van der Waals surface area contributed by atoms with Crippen molar-refractivity contribution in [2.24, 2.45) is 0 Å². The van der Waals surface area contributed by atoms with E-state index in [0.717, 1.165) is 11.4 Å². The second-order valence-corrected chi connectivity index (χ2v) is 4.33. The lowest BCUT2D eigenvalue weighted by Crippen LogP contribution is -2.58. The highest BCUT2D eigenvalue weighted by atomic mass is 16.5. The van der Waals surface area contributed by atoms with Gasteiger partial charge in [-0.1, -0.05) is 0 Å². The lowest BCUT2D eigenvalue weighted by atomic mass is 10.2. The number of amides is 2. The molecule has 1 unspecified atom stereocenters. The number of nitrogens with one attached hydrogen (secondary N) is 2. The predicted octanol–water partition coefficient (Wildman–Crippen LogP) is -0.254. The average Bonchev–Trinajstić information content (AvgIpc) is 2.46. The summed E-state index contributed by atoms with van der Waals surface area (Å²) in [6.45, 7) is 0.491. The van der Waals surface area contributed by atoms with E-state index in [4.69, 9.17) is 4.74 Å². The maximum absolute atomic E-state index is 12.2. The van der Waals surface area contributed by atoms with Crippen molar-refractivity contribution in [1.29, 1.82) is 0 Å². The number of rotatable bonds is 3. The van der Waals surface area contributed by atoms with Crippen molar-refractivity contribution >= 4 is 17.5 Å². The normalized spacial score (nSPS) is 18.6. The van der Waals surface area contributed by atoms with Crippen molar-refractivity contribution < 1.29 is 14.3 Å². The van der Waals surface area contributed by atoms with Gasteiger partial charge in [0, 0.05) is 19.3 Å². The molecule has 0 aromatic heterocycles. The Balaban J connectivity index is 2.03. The summed E-state index contributed by atoms with van der Waals surface area (Å²) in [5.74, 6) is 0.578. The van der Waals surface area contributed by atoms with Gasteiger partial charge in [0.1, 0.15) is 11.8 Å². The highest BCUT2D eigenvalue weighted by Gasteiger charge is 2.26. The van der Waals surface area contributed by atoms with Gasteiger partial charge in [0.2, 0.25) is 11.8 Å². The molecular formula is C13H17N3O3. The van der Waals surface area contributed by atoms with Crippen LogP contribution >= 0.6 is 0 Å². The molecule has 2 amide bonds. The van der Waals surface area contributed by atoms with Crippen LogP contribution in [0.25, 0.3) is 0 Å². The molecule has 6 heteroatoms. The zero-order chi connectivity index (χ0) is 13.8. The Labute approximate surface area is 111 Å². The first-order chi connectivity index (χ1) is 9.11. The second kappa shape index (κ2) is 5.71. The van der Waals surface area contributed by atoms with Gasteiger partial charge in [-0.3, -0.25) is 14.9 Å². The van der Waals surface area contributed by atoms with Crippen molar-refractivity contribution in [3.63, 3.8) is 0 Å². The minimum absolute atomic E-state index is 0.0785. The molecule has 19 heavy (non-hydrogen) atoms. The number of carbonyl (C=O) groups excluding carboxylic acids is 2. The topological polar surface area (TPSA) is 70.7 Å². The highest BCUT2D eigenvalue weighted by Crippen LogP contribution is 2.18. The van der Waals surface area contributed by atoms with Crippen LogP contribution in [0.4, 0.5) is 5.69 Å². The molecule has 1 saturated heterocycles. The van der Waals surface area contributed by atoms with Crippen molar-refractivity contribution in [3.8, 4) is 5.75 Å². The molecule has 1 heterocycles. The summed E-state index contributed by atoms with van der Waals surface area (Å²) >= 11 is 0. The molecule has 0 radical (unpaired) electrons. The third-order valence-electron chi connectivity index (χ3n) is 3.10. The summed E-state index contributed by atoms with van der Waals surface area (Å²) in [7, 11) is 3.31. The Morgan fingerprint density at radius 2 is 2.05 bits per heavy atom. The van der Waals surface area contributed by atoms with Crippen LogP contribution in [0.3, 0.4) is 0 Å². The third-order valence-corrected chi connectivity index (χ3v) is 3.10. The summed E-state index contributed by atoms with van der Waals surface area (Å²) in [5.41, 5.74) is 0.782. The summed E-state index contributed by atoms with van der Waals surface area (Å²) in [6, 6.07) is 6.85. The van der Waals surface area contributed by atoms with E-state index in [-0.39, 0.29) is 24.4 Å². The van der Waals surface area contributed by atoms with E-state index in [0.29, 0.717) is 6.54 Å². The van der Waals surface area contributed by atoms with Gasteiger partial charge in [0.05, 0.1) is 13.7 Å². The molecule has 1 fully saturated rings. The SMILES string of the molecule is COc1ccc(N(C)C(=O)C2CNC(=O)CN2)cc1. The quantitative estimate of drug-likeness (QED) is 0.788. The van der Waals surface area contributed by atoms with Crippen LogP contribution < -0.4 is 20.3 Å². The molecular weight excluding hydrogens is 246 g/mol. The molecule has 0 bridgehead atoms. The van der Waals surface area contributed by atoms with E-state index in [1.54, 1.807) is 31.2 Å². The number of hydrogen-bond donors (Lipinski definition) is 2. The highest BCUT2D eigenvalue weighted by molar-refractivity contribution is 5.98. The summed E-state index contributed by atoms with van der Waals surface area (Å²) in [5, 5.41) is 5.58. The van der Waals surface area contributed by atoms with E-state index in [9.17, 15) is 9.59 Å². The lowest BCUT2D eigenvalue weighted by Gasteiger charge is -2.27. The van der Waals surface area contributed by atoms with Crippen LogP contribution in [0.15, 0.2) is 24.3 Å². The van der Waals surface area contributed by atoms with Crippen LogP contribution in [0.2, 0.25) is 0 Å². The number of methoxy groups -OCH3 is 1. The largest absolute Gasteiger partial charge is 0.497 e. The van der Waals surface area contributed by atoms with Gasteiger partial charge >= 0.3 is 0 Å². The number of anilines is 1. The van der Waals surface area contributed by atoms with E-state index in [1.807, 2.05) is 12.1 Å². The average molecular weight is 263 g/mol. The fraction of sp³-hybridized carbons (Fsp3) is 0.385. The minimum atomic E-state index is -0.384. The molecule has 0 aliphatic carbocycles. The number of piperazine rings is 1. The summed E-state index contributed by atoms with van der Waals surface area (Å²) in [4.78, 5) is 24.8. The molecule has 1 atom stereocenters. The molecule has 1 aromatic carbocycles. The number of hydrogen-bond acceptors (Lipinski definition) is 4. The summed E-state index contributed by atoms with van der Waals surface area (Å²) < 4.78 is 5.07. The fourth-order valence-corrected chi connectivity index (χ4v) is 1.91. The van der Waals surface area contributed by atoms with Gasteiger partial charge < -0.3 is 15.0 Å². The van der Waals surface area contributed by atoms with E-state index in [2.05, 4.69) is 10.6 Å². The molecule has 1 aliphatic rings. The Morgan fingerprint density at radius 3 is 2.58 bits per heavy atom. The second-order valence-electron chi connectivity index (χ2n) is 4.33. The molecule has 2 rings (SSSR count). The third kappa shape index (κ3) is 3.03. The predicted molar refractivity (Wildman–Crippen MR) is 71.2 cm³/mol. The standard InChI is InChI=1S/C13H17N3O3/c1-16(9-3-5-10(19-2)6-4-9)13(18)11-7-15-12(17)8-14-11/h3-6,11,14H,7-8H2,1-2H3,(H,15,17). The Morgan fingerprint density at radius 1 is 1.37 bits per heavy atom. The van der Waals surface area contributed by atoms with Crippen LogP contribution in [0, 0.1) is 0 Å². The number of benzene rings is 1. The fourth-order valence-electron chi connectivity index (χ4n) is 1.91. The van der Waals surface area contributed by atoms with Crippen LogP contribution in [0.5, 0.6) is 5.75 Å². The first kappa shape index (κ1) is 13.4. The van der Waals surface area contributed by atoms with Gasteiger partial charge in [-0.2, -0.15) is 0 Å². The smallest absolute Gasteiger partial charge is 0.245 e. The number of nitrogens with zero attached hydrogens (tertiary/aromatic N) is 1. The van der Waals surface area contributed by atoms with Crippen LogP contribution in [-0.4, -0.2) is 45.1 Å². The zero-order valence-electron chi connectivity index (χ0n) is 11.0. The number of ether oxygens (including phenoxy) is 1. The van der Waals surface area contributed by atoms with Crippen molar-refractivity contribution in [3.05, 3.63) is 24.3 Å². The van der Waals surface area contributed by atoms with Crippen molar-refractivity contribution in [2.75, 3.05) is 32.1 Å². The molecule has 0 spiro atoms. The maximum Gasteiger partial charge on any atom is 0.245 e. The van der Waals surface area contributed by atoms with Crippen molar-refractivity contribution in [1.82, 2.24) is 10.6 Å². The summed E-state index contributed by atoms with van der Waals surface area (Å²) in [6.07, 6.45) is 0. The first-order valence-electron chi connectivity index (χ1n) is 6.03. The molecule has 1 aromatic rings. The Hall–Kier alpha value is -2.08. The van der Waals surface area contributed by atoms with Gasteiger partial charge in [-0.05, 0) is 24.3 Å². The Kier molecular flexibility index (Phi) is 4.01. The van der Waals surface area contributed by atoms with Crippen LogP contribution in [-0.2, 0) is 9.59 Å². The van der Waals surface area contributed by atoms with E-state index < -0.39 is 0 Å².